The smallest absolute Gasteiger partial charge is 0.309 e. The molecule has 1 unspecified atom stereocenters. The Hall–Kier alpha value is -2.37. The monoisotopic (exact) mass is 375 g/mol. The van der Waals surface area contributed by atoms with E-state index in [1.54, 1.807) is 14.0 Å². The van der Waals surface area contributed by atoms with E-state index >= 15 is 0 Å². The SMILES string of the molecule is CNC(=O)Cc1ccc(CC(C)(CC2(C(=O)O)CCCCC2)C(=O)O)cc1. The number of rotatable bonds is 8. The quantitative estimate of drug-likeness (QED) is 0.648. The molecule has 0 aromatic heterocycles. The van der Waals surface area contributed by atoms with Crippen molar-refractivity contribution in [3.63, 3.8) is 0 Å². The summed E-state index contributed by atoms with van der Waals surface area (Å²) >= 11 is 0. The van der Waals surface area contributed by atoms with Crippen LogP contribution in [0.15, 0.2) is 24.3 Å². The van der Waals surface area contributed by atoms with Gasteiger partial charge in [0.25, 0.3) is 0 Å². The van der Waals surface area contributed by atoms with E-state index in [0.717, 1.165) is 30.4 Å². The van der Waals surface area contributed by atoms with E-state index in [0.29, 0.717) is 12.8 Å². The highest BCUT2D eigenvalue weighted by atomic mass is 16.4. The largest absolute Gasteiger partial charge is 0.481 e. The van der Waals surface area contributed by atoms with Crippen molar-refractivity contribution < 1.29 is 24.6 Å². The molecule has 0 radical (unpaired) electrons. The van der Waals surface area contributed by atoms with Crippen LogP contribution in [0.1, 0.15) is 56.6 Å². The molecule has 1 saturated carbocycles. The van der Waals surface area contributed by atoms with Crippen molar-refractivity contribution in [1.82, 2.24) is 5.32 Å². The molecule has 148 valence electrons. The van der Waals surface area contributed by atoms with Gasteiger partial charge in [0.1, 0.15) is 0 Å². The van der Waals surface area contributed by atoms with Gasteiger partial charge in [-0.2, -0.15) is 0 Å². The highest BCUT2D eigenvalue weighted by Gasteiger charge is 2.48. The Bertz CT molecular complexity index is 691. The van der Waals surface area contributed by atoms with Gasteiger partial charge in [-0.25, -0.2) is 0 Å². The molecule has 6 heteroatoms. The van der Waals surface area contributed by atoms with Gasteiger partial charge in [0.05, 0.1) is 17.3 Å². The van der Waals surface area contributed by atoms with E-state index in [2.05, 4.69) is 5.32 Å². The first-order valence-electron chi connectivity index (χ1n) is 9.46. The van der Waals surface area contributed by atoms with E-state index in [1.807, 2.05) is 24.3 Å². The summed E-state index contributed by atoms with van der Waals surface area (Å²) in [7, 11) is 1.58. The summed E-state index contributed by atoms with van der Waals surface area (Å²) in [6.45, 7) is 1.65. The maximum atomic E-state index is 12.1. The summed E-state index contributed by atoms with van der Waals surface area (Å²) in [4.78, 5) is 35.5. The minimum Gasteiger partial charge on any atom is -0.481 e. The van der Waals surface area contributed by atoms with Crippen molar-refractivity contribution in [2.24, 2.45) is 10.8 Å². The first-order chi connectivity index (χ1) is 12.7. The zero-order valence-electron chi connectivity index (χ0n) is 16.1. The molecule has 27 heavy (non-hydrogen) atoms. The molecule has 0 heterocycles. The number of amides is 1. The van der Waals surface area contributed by atoms with Gasteiger partial charge in [-0.1, -0.05) is 43.5 Å². The van der Waals surface area contributed by atoms with Crippen LogP contribution in [0.3, 0.4) is 0 Å². The van der Waals surface area contributed by atoms with Crippen molar-refractivity contribution in [3.05, 3.63) is 35.4 Å². The van der Waals surface area contributed by atoms with Crippen LogP contribution in [-0.4, -0.2) is 35.1 Å². The van der Waals surface area contributed by atoms with Crippen molar-refractivity contribution in [3.8, 4) is 0 Å². The lowest BCUT2D eigenvalue weighted by molar-refractivity contribution is -0.159. The maximum Gasteiger partial charge on any atom is 0.309 e. The molecule has 1 atom stereocenters. The minimum atomic E-state index is -1.15. The zero-order chi connectivity index (χ0) is 20.1. The van der Waals surface area contributed by atoms with Gasteiger partial charge in [-0.15, -0.1) is 0 Å². The molecule has 1 amide bonds. The average molecular weight is 375 g/mol. The van der Waals surface area contributed by atoms with Crippen molar-refractivity contribution in [2.45, 2.75) is 58.3 Å². The van der Waals surface area contributed by atoms with Gasteiger partial charge >= 0.3 is 11.9 Å². The second-order valence-electron chi connectivity index (χ2n) is 8.03. The van der Waals surface area contributed by atoms with Crippen LogP contribution in [-0.2, 0) is 27.2 Å². The lowest BCUT2D eigenvalue weighted by Gasteiger charge is -2.39. The number of nitrogens with one attached hydrogen (secondary N) is 1. The third-order valence-electron chi connectivity index (χ3n) is 5.77. The molecule has 1 aliphatic carbocycles. The number of likely N-dealkylation sites (N-methyl/N-ethyl adjacent to an activating group) is 1. The van der Waals surface area contributed by atoms with Crippen molar-refractivity contribution >= 4 is 17.8 Å². The Morgan fingerprint density at radius 2 is 1.59 bits per heavy atom. The fourth-order valence-corrected chi connectivity index (χ4v) is 4.15. The lowest BCUT2D eigenvalue weighted by atomic mass is 9.63. The Balaban J connectivity index is 2.19. The maximum absolute atomic E-state index is 12.1. The Morgan fingerprint density at radius 3 is 2.07 bits per heavy atom. The molecule has 1 aliphatic rings. The molecule has 1 aromatic rings. The summed E-state index contributed by atoms with van der Waals surface area (Å²) in [5, 5.41) is 22.3. The standard InChI is InChI=1S/C21H29NO5/c1-20(18(24)25,14-21(19(26)27)10-4-3-5-11-21)13-16-8-6-15(7-9-16)12-17(23)22-2/h6-9H,3-5,10-14H2,1-2H3,(H,22,23)(H,24,25)(H,26,27). The highest BCUT2D eigenvalue weighted by molar-refractivity contribution is 5.79. The number of carbonyl (C=O) groups is 3. The summed E-state index contributed by atoms with van der Waals surface area (Å²) in [5.41, 5.74) is -0.427. The van der Waals surface area contributed by atoms with Crippen LogP contribution in [0, 0.1) is 10.8 Å². The molecular weight excluding hydrogens is 346 g/mol. The summed E-state index contributed by atoms with van der Waals surface area (Å²) in [5.74, 6) is -1.93. The van der Waals surface area contributed by atoms with E-state index < -0.39 is 22.8 Å². The van der Waals surface area contributed by atoms with Crippen LogP contribution >= 0.6 is 0 Å². The summed E-state index contributed by atoms with van der Waals surface area (Å²) in [6, 6.07) is 7.29. The lowest BCUT2D eigenvalue weighted by Crippen LogP contribution is -2.42. The number of carboxylic acids is 2. The molecule has 6 nitrogen and oxygen atoms in total. The highest BCUT2D eigenvalue weighted by Crippen LogP contribution is 2.46. The van der Waals surface area contributed by atoms with Gasteiger partial charge in [0.2, 0.25) is 5.91 Å². The fraction of sp³-hybridized carbons (Fsp3) is 0.571. The minimum absolute atomic E-state index is 0.0844. The second kappa shape index (κ2) is 8.55. The van der Waals surface area contributed by atoms with Crippen LogP contribution in [0.25, 0.3) is 0 Å². The number of hydrogen-bond donors (Lipinski definition) is 3. The van der Waals surface area contributed by atoms with Gasteiger partial charge in [-0.3, -0.25) is 14.4 Å². The third kappa shape index (κ3) is 5.08. The van der Waals surface area contributed by atoms with Crippen molar-refractivity contribution in [2.75, 3.05) is 7.05 Å². The van der Waals surface area contributed by atoms with E-state index in [9.17, 15) is 24.6 Å². The first kappa shape index (κ1) is 20.9. The number of aliphatic carboxylic acids is 2. The predicted molar refractivity (Wildman–Crippen MR) is 101 cm³/mol. The van der Waals surface area contributed by atoms with E-state index in [1.165, 1.54) is 0 Å². The molecule has 2 rings (SSSR count). The number of hydrogen-bond acceptors (Lipinski definition) is 3. The molecule has 0 saturated heterocycles. The van der Waals surface area contributed by atoms with Gasteiger partial charge in [0.15, 0.2) is 0 Å². The molecule has 0 aliphatic heterocycles. The van der Waals surface area contributed by atoms with Crippen molar-refractivity contribution in [1.29, 1.82) is 0 Å². The predicted octanol–water partition coefficient (Wildman–Crippen LogP) is 3.03. The molecule has 1 aromatic carbocycles. The molecule has 0 spiro atoms. The topological polar surface area (TPSA) is 104 Å². The molecule has 0 bridgehead atoms. The summed E-state index contributed by atoms with van der Waals surface area (Å²) in [6.07, 6.45) is 4.40. The molecule has 1 fully saturated rings. The summed E-state index contributed by atoms with van der Waals surface area (Å²) < 4.78 is 0. The normalized spacial score (nSPS) is 18.3. The second-order valence-corrected chi connectivity index (χ2v) is 8.03. The molecular formula is C21H29NO5. The van der Waals surface area contributed by atoms with Gasteiger partial charge < -0.3 is 15.5 Å². The number of carboxylic acid groups (broad SMARTS) is 2. The number of benzene rings is 1. The van der Waals surface area contributed by atoms with Crippen LogP contribution in [0.2, 0.25) is 0 Å². The Labute approximate surface area is 160 Å². The van der Waals surface area contributed by atoms with Gasteiger partial charge in [0, 0.05) is 7.05 Å². The van der Waals surface area contributed by atoms with E-state index in [-0.39, 0.29) is 25.2 Å². The Morgan fingerprint density at radius 1 is 1.04 bits per heavy atom. The average Bonchev–Trinajstić information content (AvgIpc) is 2.63. The Kier molecular flexibility index (Phi) is 6.63. The van der Waals surface area contributed by atoms with Crippen LogP contribution < -0.4 is 5.32 Å². The first-order valence-corrected chi connectivity index (χ1v) is 9.46. The number of carbonyl (C=O) groups excluding carboxylic acids is 1. The fourth-order valence-electron chi connectivity index (χ4n) is 4.15. The van der Waals surface area contributed by atoms with E-state index in [4.69, 9.17) is 0 Å². The zero-order valence-corrected chi connectivity index (χ0v) is 16.1. The van der Waals surface area contributed by atoms with Gasteiger partial charge in [-0.05, 0) is 43.7 Å². The molecule has 3 N–H and O–H groups in total. The van der Waals surface area contributed by atoms with Crippen LogP contribution in [0.4, 0.5) is 0 Å². The van der Waals surface area contributed by atoms with Crippen LogP contribution in [0.5, 0.6) is 0 Å². The third-order valence-corrected chi connectivity index (χ3v) is 5.77.